The van der Waals surface area contributed by atoms with Crippen LogP contribution in [0.4, 0.5) is 0 Å². The summed E-state index contributed by atoms with van der Waals surface area (Å²) in [5.74, 6) is 0.828. The number of hydrogen-bond acceptors (Lipinski definition) is 5. The maximum atomic E-state index is 12.7. The van der Waals surface area contributed by atoms with E-state index in [0.717, 1.165) is 37.4 Å². The molecule has 1 saturated heterocycles. The van der Waals surface area contributed by atoms with Crippen LogP contribution in [0.1, 0.15) is 29.5 Å². The number of hydrogen-bond donors (Lipinski definition) is 1. The molecule has 2 aromatic rings. The molecule has 0 radical (unpaired) electrons. The van der Waals surface area contributed by atoms with Gasteiger partial charge in [0.15, 0.2) is 0 Å². The molecule has 7 nitrogen and oxygen atoms in total. The lowest BCUT2D eigenvalue weighted by Crippen LogP contribution is -2.37. The SMILES string of the molecule is COc1ccc(CN2CCCN(C(=O)CCNS(=O)(=O)c3cc(C)ccc3C)CC2)cc1. The molecule has 1 aliphatic heterocycles. The van der Waals surface area contributed by atoms with Crippen molar-refractivity contribution in [3.05, 3.63) is 59.2 Å². The van der Waals surface area contributed by atoms with Crippen molar-refractivity contribution in [1.29, 1.82) is 0 Å². The van der Waals surface area contributed by atoms with E-state index in [1.165, 1.54) is 5.56 Å². The van der Waals surface area contributed by atoms with Crippen molar-refractivity contribution in [1.82, 2.24) is 14.5 Å². The van der Waals surface area contributed by atoms with Crippen LogP contribution in [0.25, 0.3) is 0 Å². The second kappa shape index (κ2) is 10.9. The van der Waals surface area contributed by atoms with Gasteiger partial charge < -0.3 is 9.64 Å². The molecular weight excluding hydrogens is 426 g/mol. The average molecular weight is 460 g/mol. The van der Waals surface area contributed by atoms with Crippen LogP contribution in [-0.2, 0) is 21.4 Å². The first kappa shape index (κ1) is 24.2. The minimum absolute atomic E-state index is 0.0139. The Morgan fingerprint density at radius 1 is 1.03 bits per heavy atom. The highest BCUT2D eigenvalue weighted by atomic mass is 32.2. The number of sulfonamides is 1. The van der Waals surface area contributed by atoms with Crippen molar-refractivity contribution in [2.45, 2.75) is 38.1 Å². The van der Waals surface area contributed by atoms with E-state index >= 15 is 0 Å². The summed E-state index contributed by atoms with van der Waals surface area (Å²) in [5, 5.41) is 0. The molecule has 0 saturated carbocycles. The smallest absolute Gasteiger partial charge is 0.240 e. The van der Waals surface area contributed by atoms with Gasteiger partial charge in [0, 0.05) is 45.7 Å². The molecule has 2 aromatic carbocycles. The van der Waals surface area contributed by atoms with Gasteiger partial charge in [0.05, 0.1) is 12.0 Å². The van der Waals surface area contributed by atoms with E-state index < -0.39 is 10.0 Å². The molecule has 0 unspecified atom stereocenters. The summed E-state index contributed by atoms with van der Waals surface area (Å²) in [4.78, 5) is 17.2. The first-order chi connectivity index (χ1) is 15.3. The fraction of sp³-hybridized carbons (Fsp3) is 0.458. The van der Waals surface area contributed by atoms with Crippen LogP contribution in [0.15, 0.2) is 47.4 Å². The number of nitrogens with one attached hydrogen (secondary N) is 1. The molecule has 1 fully saturated rings. The predicted molar refractivity (Wildman–Crippen MR) is 125 cm³/mol. The van der Waals surface area contributed by atoms with Gasteiger partial charge in [0.2, 0.25) is 15.9 Å². The van der Waals surface area contributed by atoms with Gasteiger partial charge in [-0.1, -0.05) is 24.3 Å². The Balaban J connectivity index is 1.48. The van der Waals surface area contributed by atoms with E-state index in [4.69, 9.17) is 4.74 Å². The molecule has 0 aromatic heterocycles. The van der Waals surface area contributed by atoms with E-state index in [0.29, 0.717) is 18.7 Å². The Kier molecular flexibility index (Phi) is 8.28. The monoisotopic (exact) mass is 459 g/mol. The van der Waals surface area contributed by atoms with Crippen LogP contribution in [0.3, 0.4) is 0 Å². The van der Waals surface area contributed by atoms with E-state index in [9.17, 15) is 13.2 Å². The van der Waals surface area contributed by atoms with E-state index in [1.807, 2.05) is 30.0 Å². The Morgan fingerprint density at radius 3 is 2.50 bits per heavy atom. The van der Waals surface area contributed by atoms with Gasteiger partial charge in [-0.25, -0.2) is 13.1 Å². The summed E-state index contributed by atoms with van der Waals surface area (Å²) in [6.45, 7) is 7.64. The molecule has 3 rings (SSSR count). The molecule has 174 valence electrons. The van der Waals surface area contributed by atoms with E-state index in [-0.39, 0.29) is 23.8 Å². The quantitative estimate of drug-likeness (QED) is 0.657. The van der Waals surface area contributed by atoms with Gasteiger partial charge >= 0.3 is 0 Å². The number of benzene rings is 2. The van der Waals surface area contributed by atoms with E-state index in [1.54, 1.807) is 26.2 Å². The highest BCUT2D eigenvalue weighted by Gasteiger charge is 2.21. The summed E-state index contributed by atoms with van der Waals surface area (Å²) < 4.78 is 33.0. The Labute approximate surface area is 191 Å². The normalized spacial score (nSPS) is 15.4. The van der Waals surface area contributed by atoms with Crippen molar-refractivity contribution in [3.8, 4) is 5.75 Å². The van der Waals surface area contributed by atoms with Gasteiger partial charge in [0.25, 0.3) is 0 Å². The van der Waals surface area contributed by atoms with Gasteiger partial charge in [-0.2, -0.15) is 0 Å². The highest BCUT2D eigenvalue weighted by Crippen LogP contribution is 2.17. The number of amides is 1. The molecule has 1 amide bonds. The molecule has 0 aliphatic carbocycles. The number of nitrogens with zero attached hydrogens (tertiary/aromatic N) is 2. The van der Waals surface area contributed by atoms with Crippen LogP contribution >= 0.6 is 0 Å². The molecule has 0 bridgehead atoms. The Bertz CT molecular complexity index is 1020. The topological polar surface area (TPSA) is 79.0 Å². The number of aryl methyl sites for hydroxylation is 2. The zero-order valence-electron chi connectivity index (χ0n) is 19.1. The maximum Gasteiger partial charge on any atom is 0.240 e. The molecule has 8 heteroatoms. The summed E-state index contributed by atoms with van der Waals surface area (Å²) in [6.07, 6.45) is 1.05. The largest absolute Gasteiger partial charge is 0.497 e. The zero-order chi connectivity index (χ0) is 23.1. The molecule has 0 spiro atoms. The predicted octanol–water partition coefficient (Wildman–Crippen LogP) is 2.71. The van der Waals surface area contributed by atoms with Crippen LogP contribution in [0.2, 0.25) is 0 Å². The summed E-state index contributed by atoms with van der Waals surface area (Å²) in [6, 6.07) is 13.4. The molecule has 1 aliphatic rings. The molecule has 0 atom stereocenters. The molecular formula is C24H33N3O4S. The number of rotatable bonds is 8. The van der Waals surface area contributed by atoms with Crippen molar-refractivity contribution < 1.29 is 17.9 Å². The van der Waals surface area contributed by atoms with Gasteiger partial charge in [0.1, 0.15) is 5.75 Å². The van der Waals surface area contributed by atoms with Gasteiger partial charge in [-0.15, -0.1) is 0 Å². The summed E-state index contributed by atoms with van der Waals surface area (Å²) in [7, 11) is -1.98. The maximum absolute atomic E-state index is 12.7. The first-order valence-corrected chi connectivity index (χ1v) is 12.5. The lowest BCUT2D eigenvalue weighted by atomic mass is 10.2. The highest BCUT2D eigenvalue weighted by molar-refractivity contribution is 7.89. The number of ether oxygens (including phenoxy) is 1. The number of carbonyl (C=O) groups excluding carboxylic acids is 1. The zero-order valence-corrected chi connectivity index (χ0v) is 20.0. The molecule has 32 heavy (non-hydrogen) atoms. The van der Waals surface area contributed by atoms with Crippen molar-refractivity contribution >= 4 is 15.9 Å². The average Bonchev–Trinajstić information content (AvgIpc) is 3.01. The van der Waals surface area contributed by atoms with Crippen molar-refractivity contribution in [2.24, 2.45) is 0 Å². The lowest BCUT2D eigenvalue weighted by molar-refractivity contribution is -0.130. The van der Waals surface area contributed by atoms with Crippen LogP contribution in [0.5, 0.6) is 5.75 Å². The summed E-state index contributed by atoms with van der Waals surface area (Å²) >= 11 is 0. The molecule has 1 heterocycles. The summed E-state index contributed by atoms with van der Waals surface area (Å²) in [5.41, 5.74) is 2.79. The fourth-order valence-electron chi connectivity index (χ4n) is 3.89. The minimum Gasteiger partial charge on any atom is -0.497 e. The lowest BCUT2D eigenvalue weighted by Gasteiger charge is -2.22. The first-order valence-electron chi connectivity index (χ1n) is 11.0. The van der Waals surface area contributed by atoms with E-state index in [2.05, 4.69) is 21.8 Å². The minimum atomic E-state index is -3.63. The van der Waals surface area contributed by atoms with Crippen molar-refractivity contribution in [2.75, 3.05) is 39.8 Å². The fourth-order valence-corrected chi connectivity index (χ4v) is 5.25. The van der Waals surface area contributed by atoms with Crippen molar-refractivity contribution in [3.63, 3.8) is 0 Å². The standard InChI is InChI=1S/C24H33N3O4S/c1-19-5-6-20(2)23(17-19)32(29,30)25-12-11-24(28)27-14-4-13-26(15-16-27)18-21-7-9-22(31-3)10-8-21/h5-10,17,25H,4,11-16,18H2,1-3H3. The Hall–Kier alpha value is -2.42. The Morgan fingerprint density at radius 2 is 1.78 bits per heavy atom. The second-order valence-electron chi connectivity index (χ2n) is 8.28. The number of methoxy groups -OCH3 is 1. The van der Waals surface area contributed by atoms with Crippen LogP contribution in [-0.4, -0.2) is 64.0 Å². The third-order valence-corrected chi connectivity index (χ3v) is 7.37. The van der Waals surface area contributed by atoms with Gasteiger partial charge in [-0.05, 0) is 55.2 Å². The van der Waals surface area contributed by atoms with Crippen LogP contribution < -0.4 is 9.46 Å². The second-order valence-corrected chi connectivity index (χ2v) is 10.0. The van der Waals surface area contributed by atoms with Gasteiger partial charge in [-0.3, -0.25) is 9.69 Å². The number of carbonyl (C=O) groups is 1. The third kappa shape index (κ3) is 6.54. The van der Waals surface area contributed by atoms with Crippen LogP contribution in [0, 0.1) is 13.8 Å². The third-order valence-electron chi connectivity index (χ3n) is 5.77. The molecule has 1 N–H and O–H groups in total.